The molecule has 4 aromatic carbocycles. The van der Waals surface area contributed by atoms with Gasteiger partial charge < -0.3 is 19.6 Å². The first-order valence-corrected chi connectivity index (χ1v) is 12.9. The zero-order chi connectivity index (χ0) is 22.9. The van der Waals surface area contributed by atoms with E-state index in [-0.39, 0.29) is 10.6 Å². The molecular formula is C24H20O6P2. The van der Waals surface area contributed by atoms with E-state index in [0.717, 1.165) is 33.4 Å². The summed E-state index contributed by atoms with van der Waals surface area (Å²) >= 11 is 0. The van der Waals surface area contributed by atoms with Crippen molar-refractivity contribution in [1.29, 1.82) is 0 Å². The third-order valence-corrected chi connectivity index (χ3v) is 7.12. The van der Waals surface area contributed by atoms with Gasteiger partial charge in [-0.3, -0.25) is 9.13 Å². The Morgan fingerprint density at radius 3 is 0.656 bits per heavy atom. The Kier molecular flexibility index (Phi) is 6.02. The van der Waals surface area contributed by atoms with Gasteiger partial charge in [-0.1, -0.05) is 72.8 Å². The van der Waals surface area contributed by atoms with Crippen LogP contribution in [0.1, 0.15) is 0 Å². The molecule has 0 atom stereocenters. The van der Waals surface area contributed by atoms with Gasteiger partial charge in [0.05, 0.1) is 10.6 Å². The summed E-state index contributed by atoms with van der Waals surface area (Å²) in [5, 5.41) is -0.0105. The summed E-state index contributed by atoms with van der Waals surface area (Å²) in [4.78, 5) is 36.9. The number of hydrogen-bond acceptors (Lipinski definition) is 2. The van der Waals surface area contributed by atoms with Gasteiger partial charge in [0.1, 0.15) is 0 Å². The van der Waals surface area contributed by atoms with Crippen LogP contribution in [0.4, 0.5) is 0 Å². The molecule has 6 nitrogen and oxygen atoms in total. The molecule has 0 fully saturated rings. The highest BCUT2D eigenvalue weighted by Gasteiger charge is 2.17. The van der Waals surface area contributed by atoms with Gasteiger partial charge in [0.15, 0.2) is 0 Å². The summed E-state index contributed by atoms with van der Waals surface area (Å²) in [6, 6.07) is 28.3. The second-order valence-corrected chi connectivity index (χ2v) is 10.5. The molecule has 0 aliphatic carbocycles. The predicted molar refractivity (Wildman–Crippen MR) is 126 cm³/mol. The zero-order valence-corrected chi connectivity index (χ0v) is 18.5. The first-order valence-electron chi connectivity index (χ1n) is 9.65. The van der Waals surface area contributed by atoms with E-state index in [4.69, 9.17) is 0 Å². The van der Waals surface area contributed by atoms with Gasteiger partial charge >= 0.3 is 15.2 Å². The molecule has 0 saturated heterocycles. The Morgan fingerprint density at radius 1 is 0.344 bits per heavy atom. The third-order valence-electron chi connectivity index (χ3n) is 5.18. The van der Waals surface area contributed by atoms with Crippen LogP contribution in [0.25, 0.3) is 33.4 Å². The first kappa shape index (κ1) is 22.4. The van der Waals surface area contributed by atoms with Crippen molar-refractivity contribution in [3.05, 3.63) is 97.1 Å². The molecule has 0 aliphatic heterocycles. The Bertz CT molecular complexity index is 1210. The van der Waals surface area contributed by atoms with E-state index in [9.17, 15) is 28.7 Å². The largest absolute Gasteiger partial charge is 0.356 e. The molecule has 4 aromatic rings. The van der Waals surface area contributed by atoms with Crippen molar-refractivity contribution in [3.8, 4) is 33.4 Å². The molecule has 0 unspecified atom stereocenters. The average Bonchev–Trinajstić information content (AvgIpc) is 2.78. The summed E-state index contributed by atoms with van der Waals surface area (Å²) in [7, 11) is -8.50. The van der Waals surface area contributed by atoms with Crippen LogP contribution >= 0.6 is 15.2 Å². The second kappa shape index (κ2) is 8.61. The van der Waals surface area contributed by atoms with Crippen LogP contribution in [0.2, 0.25) is 0 Å². The van der Waals surface area contributed by atoms with Gasteiger partial charge in [-0.25, -0.2) is 0 Å². The van der Waals surface area contributed by atoms with Crippen molar-refractivity contribution in [2.24, 2.45) is 0 Å². The van der Waals surface area contributed by atoms with Crippen molar-refractivity contribution >= 4 is 25.8 Å². The maximum atomic E-state index is 11.3. The monoisotopic (exact) mass is 466 g/mol. The minimum Gasteiger partial charge on any atom is -0.321 e. The van der Waals surface area contributed by atoms with E-state index in [1.807, 2.05) is 48.5 Å². The van der Waals surface area contributed by atoms with E-state index in [1.165, 1.54) is 24.3 Å². The SMILES string of the molecule is O=P(O)(O)c1ccc(-c2ccc(-c3ccc(-c4ccc(P(=O)(O)O)cc4)cc3)cc2)cc1. The molecule has 4 rings (SSSR count). The quantitative estimate of drug-likeness (QED) is 0.326. The van der Waals surface area contributed by atoms with Crippen molar-refractivity contribution in [3.63, 3.8) is 0 Å². The standard InChI is InChI=1S/C24H20O6P2/c25-31(26,27)23-13-9-21(10-14-23)19-5-1-17(2-6-19)18-3-7-20(8-4-18)22-11-15-24(16-12-22)32(28,29)30/h1-16H,(H2,25,26,27)(H2,28,29,30). The molecule has 0 bridgehead atoms. The minimum atomic E-state index is -4.25. The number of benzene rings is 4. The summed E-state index contributed by atoms with van der Waals surface area (Å²) in [6.07, 6.45) is 0. The summed E-state index contributed by atoms with van der Waals surface area (Å²) in [6.45, 7) is 0. The fourth-order valence-corrected chi connectivity index (χ4v) is 4.48. The smallest absolute Gasteiger partial charge is 0.321 e. The fraction of sp³-hybridized carbons (Fsp3) is 0. The van der Waals surface area contributed by atoms with Crippen molar-refractivity contribution < 1.29 is 28.7 Å². The van der Waals surface area contributed by atoms with Crippen LogP contribution in [0, 0.1) is 0 Å². The van der Waals surface area contributed by atoms with Gasteiger partial charge in [0, 0.05) is 0 Å². The predicted octanol–water partition coefficient (Wildman–Crippen LogP) is 4.29. The third kappa shape index (κ3) is 4.98. The summed E-state index contributed by atoms with van der Waals surface area (Å²) in [5.41, 5.74) is 5.64. The molecule has 0 spiro atoms. The van der Waals surface area contributed by atoms with E-state index in [2.05, 4.69) is 0 Å². The second-order valence-electron chi connectivity index (χ2n) is 7.34. The highest BCUT2D eigenvalue weighted by Crippen LogP contribution is 2.35. The molecule has 8 heteroatoms. The Morgan fingerprint density at radius 2 is 0.500 bits per heavy atom. The Labute approximate surface area is 185 Å². The normalized spacial score (nSPS) is 12.0. The molecule has 4 N–H and O–H groups in total. The molecular weight excluding hydrogens is 446 g/mol. The molecule has 0 radical (unpaired) electrons. The lowest BCUT2D eigenvalue weighted by Crippen LogP contribution is -2.02. The summed E-state index contributed by atoms with van der Waals surface area (Å²) in [5.74, 6) is 0. The fourth-order valence-electron chi connectivity index (χ4n) is 3.41. The molecule has 162 valence electrons. The number of hydrogen-bond donors (Lipinski definition) is 4. The van der Waals surface area contributed by atoms with Crippen LogP contribution in [-0.2, 0) is 9.13 Å². The van der Waals surface area contributed by atoms with Gasteiger partial charge in [-0.05, 0) is 57.6 Å². The van der Waals surface area contributed by atoms with Crippen LogP contribution in [0.5, 0.6) is 0 Å². The van der Waals surface area contributed by atoms with Gasteiger partial charge in [-0.2, -0.15) is 0 Å². The van der Waals surface area contributed by atoms with Crippen molar-refractivity contribution in [1.82, 2.24) is 0 Å². The van der Waals surface area contributed by atoms with Gasteiger partial charge in [0.25, 0.3) is 0 Å². The molecule has 0 amide bonds. The lowest BCUT2D eigenvalue weighted by atomic mass is 9.98. The highest BCUT2D eigenvalue weighted by molar-refractivity contribution is 7.60. The van der Waals surface area contributed by atoms with E-state index < -0.39 is 15.2 Å². The van der Waals surface area contributed by atoms with Crippen LogP contribution in [0.15, 0.2) is 97.1 Å². The minimum absolute atomic E-state index is 0.00525. The first-order chi connectivity index (χ1) is 15.1. The van der Waals surface area contributed by atoms with E-state index in [1.54, 1.807) is 24.3 Å². The van der Waals surface area contributed by atoms with Crippen LogP contribution in [-0.4, -0.2) is 19.6 Å². The Hall–Kier alpha value is -2.82. The number of rotatable bonds is 5. The maximum absolute atomic E-state index is 11.3. The van der Waals surface area contributed by atoms with Crippen molar-refractivity contribution in [2.75, 3.05) is 0 Å². The lowest BCUT2D eigenvalue weighted by Gasteiger charge is -2.09. The molecule has 0 aliphatic rings. The molecule has 0 heterocycles. The van der Waals surface area contributed by atoms with Gasteiger partial charge in [-0.15, -0.1) is 0 Å². The van der Waals surface area contributed by atoms with Crippen LogP contribution < -0.4 is 10.6 Å². The topological polar surface area (TPSA) is 115 Å². The zero-order valence-electron chi connectivity index (χ0n) is 16.7. The highest BCUT2D eigenvalue weighted by atomic mass is 31.2. The molecule has 0 aromatic heterocycles. The van der Waals surface area contributed by atoms with Crippen LogP contribution in [0.3, 0.4) is 0 Å². The van der Waals surface area contributed by atoms with Crippen molar-refractivity contribution in [2.45, 2.75) is 0 Å². The molecule has 32 heavy (non-hydrogen) atoms. The average molecular weight is 466 g/mol. The molecule has 0 saturated carbocycles. The van der Waals surface area contributed by atoms with E-state index >= 15 is 0 Å². The maximum Gasteiger partial charge on any atom is 0.356 e. The summed E-state index contributed by atoms with van der Waals surface area (Å²) < 4.78 is 22.6. The lowest BCUT2D eigenvalue weighted by molar-refractivity contribution is 0.385. The Balaban J connectivity index is 1.52. The van der Waals surface area contributed by atoms with Gasteiger partial charge in [0.2, 0.25) is 0 Å². The van der Waals surface area contributed by atoms with E-state index in [0.29, 0.717) is 0 Å².